The Bertz CT molecular complexity index is 815. The van der Waals surface area contributed by atoms with E-state index in [4.69, 9.17) is 0 Å². The lowest BCUT2D eigenvalue weighted by Gasteiger charge is -2.13. The van der Waals surface area contributed by atoms with E-state index in [1.54, 1.807) is 22.9 Å². The van der Waals surface area contributed by atoms with Crippen molar-refractivity contribution in [3.05, 3.63) is 30.1 Å². The topological polar surface area (TPSA) is 81.0 Å². The molecule has 2 aromatic heterocycles. The molecule has 0 unspecified atom stereocenters. The van der Waals surface area contributed by atoms with Crippen molar-refractivity contribution in [3.8, 4) is 11.4 Å². The predicted molar refractivity (Wildman–Crippen MR) is 87.2 cm³/mol. The maximum absolute atomic E-state index is 11.6. The van der Waals surface area contributed by atoms with Crippen molar-refractivity contribution in [2.24, 2.45) is 13.0 Å². The Morgan fingerprint density at radius 3 is 2.70 bits per heavy atom. The zero-order chi connectivity index (χ0) is 16.6. The molecule has 1 saturated heterocycles. The van der Waals surface area contributed by atoms with Gasteiger partial charge in [0, 0.05) is 26.3 Å². The highest BCUT2D eigenvalue weighted by molar-refractivity contribution is 7.88. The van der Waals surface area contributed by atoms with Gasteiger partial charge in [-0.25, -0.2) is 22.7 Å². The summed E-state index contributed by atoms with van der Waals surface area (Å²) in [5.41, 5.74) is 2.62. The predicted octanol–water partition coefficient (Wildman–Crippen LogP) is 1.01. The van der Waals surface area contributed by atoms with Crippen LogP contribution >= 0.6 is 0 Å². The molecule has 3 rings (SSSR count). The highest BCUT2D eigenvalue weighted by atomic mass is 32.2. The van der Waals surface area contributed by atoms with Crippen molar-refractivity contribution < 1.29 is 8.42 Å². The van der Waals surface area contributed by atoms with Crippen molar-refractivity contribution >= 4 is 10.0 Å². The summed E-state index contributed by atoms with van der Waals surface area (Å²) in [5, 5.41) is 0. The van der Waals surface area contributed by atoms with Crippen molar-refractivity contribution in [2.45, 2.75) is 19.8 Å². The third-order valence-corrected chi connectivity index (χ3v) is 5.65. The maximum atomic E-state index is 11.6. The van der Waals surface area contributed by atoms with Gasteiger partial charge in [0.2, 0.25) is 10.0 Å². The molecule has 7 nitrogen and oxygen atoms in total. The maximum Gasteiger partial charge on any atom is 0.211 e. The molecule has 0 amide bonds. The molecule has 124 valence electrons. The second kappa shape index (κ2) is 6.01. The van der Waals surface area contributed by atoms with Gasteiger partial charge in [-0.05, 0) is 25.7 Å². The third-order valence-electron chi connectivity index (χ3n) is 4.38. The Hall–Kier alpha value is -1.80. The molecule has 0 N–H and O–H groups in total. The van der Waals surface area contributed by atoms with Crippen LogP contribution in [0.25, 0.3) is 11.4 Å². The quantitative estimate of drug-likeness (QED) is 0.833. The van der Waals surface area contributed by atoms with E-state index in [1.165, 1.54) is 6.26 Å². The number of aryl methyl sites for hydroxylation is 1. The Labute approximate surface area is 136 Å². The first-order valence-corrected chi connectivity index (χ1v) is 9.44. The molecule has 8 heteroatoms. The zero-order valence-corrected chi connectivity index (χ0v) is 14.4. The minimum absolute atomic E-state index is 0.294. The molecule has 0 bridgehead atoms. The molecule has 0 radical (unpaired) electrons. The summed E-state index contributed by atoms with van der Waals surface area (Å²) in [4.78, 5) is 13.2. The van der Waals surface area contributed by atoms with Gasteiger partial charge in [-0.1, -0.05) is 0 Å². The van der Waals surface area contributed by atoms with Gasteiger partial charge >= 0.3 is 0 Å². The van der Waals surface area contributed by atoms with Crippen LogP contribution in [0.15, 0.2) is 18.6 Å². The van der Waals surface area contributed by atoms with Crippen LogP contribution in [0.2, 0.25) is 0 Å². The van der Waals surface area contributed by atoms with E-state index in [9.17, 15) is 8.42 Å². The summed E-state index contributed by atoms with van der Waals surface area (Å²) >= 11 is 0. The van der Waals surface area contributed by atoms with Gasteiger partial charge in [0.25, 0.3) is 0 Å². The van der Waals surface area contributed by atoms with Gasteiger partial charge in [-0.15, -0.1) is 0 Å². The lowest BCUT2D eigenvalue weighted by atomic mass is 10.0. The normalized spacial score (nSPS) is 19.3. The van der Waals surface area contributed by atoms with Gasteiger partial charge in [0.05, 0.1) is 30.0 Å². The average molecular weight is 335 g/mol. The molecular weight excluding hydrogens is 314 g/mol. The van der Waals surface area contributed by atoms with Crippen molar-refractivity contribution in [1.82, 2.24) is 23.8 Å². The number of nitrogens with zero attached hydrogens (tertiary/aromatic N) is 5. The summed E-state index contributed by atoms with van der Waals surface area (Å²) in [7, 11) is -1.14. The largest absolute Gasteiger partial charge is 0.330 e. The van der Waals surface area contributed by atoms with E-state index in [0.717, 1.165) is 35.7 Å². The minimum Gasteiger partial charge on any atom is -0.330 e. The van der Waals surface area contributed by atoms with E-state index < -0.39 is 10.0 Å². The lowest BCUT2D eigenvalue weighted by molar-refractivity contribution is 0.459. The Morgan fingerprint density at radius 1 is 1.30 bits per heavy atom. The standard InChI is InChI=1S/C15H21N5O2S/c1-11-17-9-15(19(11)2)14-8-16-7-13(18-14)6-12-4-5-20(10-12)23(3,21)22/h7-9,12H,4-6,10H2,1-3H3/t12-/m1/s1. The highest BCUT2D eigenvalue weighted by Crippen LogP contribution is 2.23. The first kappa shape index (κ1) is 16.1. The summed E-state index contributed by atoms with van der Waals surface area (Å²) in [6.45, 7) is 3.10. The monoisotopic (exact) mass is 335 g/mol. The second-order valence-corrected chi connectivity index (χ2v) is 8.11. The van der Waals surface area contributed by atoms with Crippen molar-refractivity contribution in [2.75, 3.05) is 19.3 Å². The molecule has 2 aromatic rings. The van der Waals surface area contributed by atoms with Gasteiger partial charge in [-0.2, -0.15) is 0 Å². The number of sulfonamides is 1. The van der Waals surface area contributed by atoms with Gasteiger partial charge in [0.1, 0.15) is 11.5 Å². The SMILES string of the molecule is Cc1ncc(-c2cncc(C[C@H]3CCN(S(C)(=O)=O)C3)n2)n1C. The highest BCUT2D eigenvalue weighted by Gasteiger charge is 2.28. The average Bonchev–Trinajstić information content (AvgIpc) is 3.07. The van der Waals surface area contributed by atoms with Crippen molar-refractivity contribution in [1.29, 1.82) is 0 Å². The Balaban J connectivity index is 1.75. The molecule has 0 aliphatic carbocycles. The van der Waals surface area contributed by atoms with Gasteiger partial charge in [0.15, 0.2) is 0 Å². The first-order chi connectivity index (χ1) is 10.8. The summed E-state index contributed by atoms with van der Waals surface area (Å²) in [5.74, 6) is 1.22. The van der Waals surface area contributed by atoms with Gasteiger partial charge < -0.3 is 4.57 Å². The van der Waals surface area contributed by atoms with E-state index >= 15 is 0 Å². The molecule has 3 heterocycles. The molecule has 23 heavy (non-hydrogen) atoms. The lowest BCUT2D eigenvalue weighted by Crippen LogP contribution is -2.27. The van der Waals surface area contributed by atoms with Crippen LogP contribution in [0.5, 0.6) is 0 Å². The molecule has 0 spiro atoms. The Kier molecular flexibility index (Phi) is 4.20. The van der Waals surface area contributed by atoms with Crippen LogP contribution in [0.1, 0.15) is 17.9 Å². The van der Waals surface area contributed by atoms with Crippen LogP contribution in [-0.4, -0.2) is 51.6 Å². The molecule has 1 aliphatic heterocycles. The van der Waals surface area contributed by atoms with E-state index in [-0.39, 0.29) is 0 Å². The van der Waals surface area contributed by atoms with E-state index in [2.05, 4.69) is 15.0 Å². The number of imidazole rings is 1. The molecule has 0 saturated carbocycles. The fourth-order valence-corrected chi connectivity index (χ4v) is 3.85. The van der Waals surface area contributed by atoms with E-state index in [1.807, 2.05) is 18.5 Å². The molecule has 1 atom stereocenters. The van der Waals surface area contributed by atoms with Crippen LogP contribution in [0.4, 0.5) is 0 Å². The van der Waals surface area contributed by atoms with Crippen LogP contribution in [-0.2, 0) is 23.5 Å². The minimum atomic E-state index is -3.10. The van der Waals surface area contributed by atoms with Gasteiger partial charge in [-0.3, -0.25) is 4.98 Å². The summed E-state index contributed by atoms with van der Waals surface area (Å²) in [6, 6.07) is 0. The summed E-state index contributed by atoms with van der Waals surface area (Å²) < 4.78 is 26.7. The second-order valence-electron chi connectivity index (χ2n) is 6.13. The summed E-state index contributed by atoms with van der Waals surface area (Å²) in [6.07, 6.45) is 8.16. The third kappa shape index (κ3) is 3.42. The van der Waals surface area contributed by atoms with Crippen LogP contribution < -0.4 is 0 Å². The molecule has 1 fully saturated rings. The molecule has 1 aliphatic rings. The fourth-order valence-electron chi connectivity index (χ4n) is 2.93. The van der Waals surface area contributed by atoms with E-state index in [0.29, 0.717) is 19.0 Å². The number of rotatable bonds is 4. The smallest absolute Gasteiger partial charge is 0.211 e. The first-order valence-electron chi connectivity index (χ1n) is 7.59. The van der Waals surface area contributed by atoms with Crippen molar-refractivity contribution in [3.63, 3.8) is 0 Å². The Morgan fingerprint density at radius 2 is 2.09 bits per heavy atom. The number of hydrogen-bond donors (Lipinski definition) is 0. The van der Waals surface area contributed by atoms with Crippen LogP contribution in [0, 0.1) is 12.8 Å². The fraction of sp³-hybridized carbons (Fsp3) is 0.533. The molecule has 0 aromatic carbocycles. The number of aromatic nitrogens is 4. The van der Waals surface area contributed by atoms with Crippen LogP contribution in [0.3, 0.4) is 0 Å². The number of hydrogen-bond acceptors (Lipinski definition) is 5. The zero-order valence-electron chi connectivity index (χ0n) is 13.6. The molecular formula is C15H21N5O2S.